The van der Waals surface area contributed by atoms with Gasteiger partial charge in [0.1, 0.15) is 0 Å². The summed E-state index contributed by atoms with van der Waals surface area (Å²) in [6.45, 7) is 2.82. The molecule has 1 N–H and O–H groups in total. The molecule has 27 heavy (non-hydrogen) atoms. The summed E-state index contributed by atoms with van der Waals surface area (Å²) < 4.78 is 11.1. The molecule has 0 saturated carbocycles. The number of benzene rings is 2. The number of halogens is 1. The molecule has 0 aliphatic heterocycles. The molecule has 0 spiro atoms. The minimum atomic E-state index is -0.198. The third kappa shape index (κ3) is 7.31. The lowest BCUT2D eigenvalue weighted by Gasteiger charge is -2.11. The first kappa shape index (κ1) is 20.8. The van der Waals surface area contributed by atoms with Gasteiger partial charge in [-0.2, -0.15) is 5.10 Å². The summed E-state index contributed by atoms with van der Waals surface area (Å²) >= 11 is 5.83. The van der Waals surface area contributed by atoms with Crippen LogP contribution in [0.25, 0.3) is 0 Å². The van der Waals surface area contributed by atoms with Crippen LogP contribution in [0.2, 0.25) is 5.02 Å². The fourth-order valence-corrected chi connectivity index (χ4v) is 2.55. The highest BCUT2D eigenvalue weighted by Crippen LogP contribution is 2.27. The van der Waals surface area contributed by atoms with Crippen LogP contribution in [0.4, 0.5) is 0 Å². The van der Waals surface area contributed by atoms with Gasteiger partial charge in [-0.3, -0.25) is 4.79 Å². The van der Waals surface area contributed by atoms with Crippen LogP contribution in [0.1, 0.15) is 37.3 Å². The van der Waals surface area contributed by atoms with Gasteiger partial charge in [0.15, 0.2) is 11.5 Å². The fourth-order valence-electron chi connectivity index (χ4n) is 2.42. The number of unbranched alkanes of at least 4 members (excludes halogenated alkanes) is 2. The second-order valence-corrected chi connectivity index (χ2v) is 6.50. The Kier molecular flexibility index (Phi) is 8.65. The molecule has 0 fully saturated rings. The van der Waals surface area contributed by atoms with E-state index < -0.39 is 0 Å². The second kappa shape index (κ2) is 11.2. The monoisotopic (exact) mass is 388 g/mol. The quantitative estimate of drug-likeness (QED) is 0.367. The Hall–Kier alpha value is -2.53. The maximum absolute atomic E-state index is 11.9. The van der Waals surface area contributed by atoms with E-state index in [0.29, 0.717) is 23.1 Å². The van der Waals surface area contributed by atoms with Crippen molar-refractivity contribution in [2.24, 2.45) is 5.10 Å². The lowest BCUT2D eigenvalue weighted by molar-refractivity contribution is -0.120. The van der Waals surface area contributed by atoms with E-state index in [-0.39, 0.29) is 12.3 Å². The summed E-state index contributed by atoms with van der Waals surface area (Å²) in [5.41, 5.74) is 4.20. The number of hydrogen-bond acceptors (Lipinski definition) is 4. The number of carbonyl (C=O) groups excluding carboxylic acids is 1. The molecule has 0 aliphatic rings. The van der Waals surface area contributed by atoms with Gasteiger partial charge in [-0.15, -0.1) is 0 Å². The second-order valence-electron chi connectivity index (χ2n) is 6.06. The average molecular weight is 389 g/mol. The molecule has 0 aromatic heterocycles. The molecule has 1 amide bonds. The van der Waals surface area contributed by atoms with Gasteiger partial charge in [-0.05, 0) is 47.9 Å². The molecule has 0 atom stereocenters. The number of carbonyl (C=O) groups is 1. The SMILES string of the molecule is CCCCCOc1ccc(/C=N\NC(=O)Cc2ccc(Cl)cc2)cc1OC. The summed E-state index contributed by atoms with van der Waals surface area (Å²) in [5.74, 6) is 1.15. The van der Waals surface area contributed by atoms with E-state index in [0.717, 1.165) is 30.4 Å². The standard InChI is InChI=1S/C21H25ClN2O3/c1-3-4-5-12-27-19-11-8-17(13-20(19)26-2)15-23-24-21(25)14-16-6-9-18(22)10-7-16/h6-11,13,15H,3-5,12,14H2,1-2H3,(H,24,25)/b23-15-. The third-order valence-electron chi connectivity index (χ3n) is 3.87. The average Bonchev–Trinajstić information content (AvgIpc) is 2.67. The summed E-state index contributed by atoms with van der Waals surface area (Å²) in [4.78, 5) is 11.9. The molecule has 5 nitrogen and oxygen atoms in total. The summed E-state index contributed by atoms with van der Waals surface area (Å²) in [6.07, 6.45) is 5.12. The number of methoxy groups -OCH3 is 1. The Morgan fingerprint density at radius 3 is 2.63 bits per heavy atom. The number of hydrazone groups is 1. The normalized spacial score (nSPS) is 10.8. The first-order valence-electron chi connectivity index (χ1n) is 8.99. The third-order valence-corrected chi connectivity index (χ3v) is 4.13. The molecule has 0 saturated heterocycles. The number of hydrogen-bond donors (Lipinski definition) is 1. The summed E-state index contributed by atoms with van der Waals surface area (Å²) in [5, 5.41) is 4.64. The van der Waals surface area contributed by atoms with Crippen molar-refractivity contribution in [3.8, 4) is 11.5 Å². The van der Waals surface area contributed by atoms with E-state index >= 15 is 0 Å². The highest BCUT2D eigenvalue weighted by atomic mass is 35.5. The van der Waals surface area contributed by atoms with Crippen molar-refractivity contribution in [2.45, 2.75) is 32.6 Å². The topological polar surface area (TPSA) is 59.9 Å². The van der Waals surface area contributed by atoms with Gasteiger partial charge in [-0.25, -0.2) is 5.43 Å². The Morgan fingerprint density at radius 1 is 1.15 bits per heavy atom. The summed E-state index contributed by atoms with van der Waals surface area (Å²) in [7, 11) is 1.60. The molecule has 0 bridgehead atoms. The van der Waals surface area contributed by atoms with Crippen LogP contribution < -0.4 is 14.9 Å². The molecule has 0 heterocycles. The van der Waals surface area contributed by atoms with Crippen molar-refractivity contribution in [2.75, 3.05) is 13.7 Å². The fraction of sp³-hybridized carbons (Fsp3) is 0.333. The molecule has 0 aliphatic carbocycles. The molecule has 6 heteroatoms. The van der Waals surface area contributed by atoms with Crippen LogP contribution >= 0.6 is 11.6 Å². The molecule has 2 rings (SSSR count). The van der Waals surface area contributed by atoms with E-state index in [2.05, 4.69) is 17.5 Å². The highest BCUT2D eigenvalue weighted by Gasteiger charge is 2.05. The lowest BCUT2D eigenvalue weighted by atomic mass is 10.1. The molecule has 2 aromatic rings. The molecule has 144 valence electrons. The molecular weight excluding hydrogens is 364 g/mol. The van der Waals surface area contributed by atoms with Crippen LogP contribution in [0, 0.1) is 0 Å². The van der Waals surface area contributed by atoms with Gasteiger partial charge in [0, 0.05) is 5.02 Å². The van der Waals surface area contributed by atoms with E-state index in [1.807, 2.05) is 30.3 Å². The van der Waals surface area contributed by atoms with E-state index in [1.54, 1.807) is 25.5 Å². The van der Waals surface area contributed by atoms with Crippen LogP contribution in [0.3, 0.4) is 0 Å². The zero-order chi connectivity index (χ0) is 19.5. The Balaban J connectivity index is 1.88. The van der Waals surface area contributed by atoms with Gasteiger partial charge in [-0.1, -0.05) is 43.5 Å². The predicted octanol–water partition coefficient (Wildman–Crippen LogP) is 4.61. The van der Waals surface area contributed by atoms with Gasteiger partial charge < -0.3 is 9.47 Å². The van der Waals surface area contributed by atoms with Crippen LogP contribution in [-0.2, 0) is 11.2 Å². The largest absolute Gasteiger partial charge is 0.493 e. The Bertz CT molecular complexity index is 761. The highest BCUT2D eigenvalue weighted by molar-refractivity contribution is 6.30. The molecule has 2 aromatic carbocycles. The maximum atomic E-state index is 11.9. The van der Waals surface area contributed by atoms with Crippen molar-refractivity contribution < 1.29 is 14.3 Å². The Labute approximate surface area is 165 Å². The van der Waals surface area contributed by atoms with Crippen LogP contribution in [0.15, 0.2) is 47.6 Å². The smallest absolute Gasteiger partial charge is 0.244 e. The first-order valence-corrected chi connectivity index (χ1v) is 9.37. The number of rotatable bonds is 10. The Morgan fingerprint density at radius 2 is 1.93 bits per heavy atom. The van der Waals surface area contributed by atoms with Crippen LogP contribution in [0.5, 0.6) is 11.5 Å². The molecule has 0 unspecified atom stereocenters. The van der Waals surface area contributed by atoms with Crippen molar-refractivity contribution >= 4 is 23.7 Å². The van der Waals surface area contributed by atoms with Crippen molar-refractivity contribution in [3.05, 3.63) is 58.6 Å². The van der Waals surface area contributed by atoms with Gasteiger partial charge in [0.05, 0.1) is 26.4 Å². The van der Waals surface area contributed by atoms with Crippen LogP contribution in [-0.4, -0.2) is 25.8 Å². The summed E-state index contributed by atoms with van der Waals surface area (Å²) in [6, 6.07) is 12.7. The van der Waals surface area contributed by atoms with Crippen molar-refractivity contribution in [3.63, 3.8) is 0 Å². The minimum absolute atomic E-state index is 0.198. The zero-order valence-corrected chi connectivity index (χ0v) is 16.5. The van der Waals surface area contributed by atoms with E-state index in [9.17, 15) is 4.79 Å². The van der Waals surface area contributed by atoms with Gasteiger partial charge in [0.2, 0.25) is 5.91 Å². The first-order chi connectivity index (χ1) is 13.1. The van der Waals surface area contributed by atoms with Gasteiger partial charge in [0.25, 0.3) is 0 Å². The number of nitrogens with one attached hydrogen (secondary N) is 1. The van der Waals surface area contributed by atoms with E-state index in [1.165, 1.54) is 0 Å². The van der Waals surface area contributed by atoms with E-state index in [4.69, 9.17) is 21.1 Å². The maximum Gasteiger partial charge on any atom is 0.244 e. The number of amides is 1. The van der Waals surface area contributed by atoms with Crippen molar-refractivity contribution in [1.29, 1.82) is 0 Å². The zero-order valence-electron chi connectivity index (χ0n) is 15.7. The predicted molar refractivity (Wildman–Crippen MR) is 109 cm³/mol. The molecular formula is C21H25ClN2O3. The molecule has 0 radical (unpaired) electrons. The minimum Gasteiger partial charge on any atom is -0.493 e. The van der Waals surface area contributed by atoms with Crippen molar-refractivity contribution in [1.82, 2.24) is 5.43 Å². The number of ether oxygens (including phenoxy) is 2. The lowest BCUT2D eigenvalue weighted by Crippen LogP contribution is -2.19. The number of nitrogens with zero attached hydrogens (tertiary/aromatic N) is 1. The van der Waals surface area contributed by atoms with Gasteiger partial charge >= 0.3 is 0 Å².